The number of amides is 1. The third-order valence-corrected chi connectivity index (χ3v) is 4.91. The molecule has 4 nitrogen and oxygen atoms in total. The number of hydrogen-bond acceptors (Lipinski definition) is 3. The molecule has 1 aliphatic rings. The molecule has 116 valence electrons. The van der Waals surface area contributed by atoms with Crippen molar-refractivity contribution < 1.29 is 4.79 Å². The van der Waals surface area contributed by atoms with Gasteiger partial charge in [0.25, 0.3) is 5.91 Å². The van der Waals surface area contributed by atoms with E-state index in [1.165, 1.54) is 14.1 Å². The van der Waals surface area contributed by atoms with Gasteiger partial charge in [-0.05, 0) is 72.3 Å². The van der Waals surface area contributed by atoms with Crippen LogP contribution in [0.3, 0.4) is 0 Å². The first kappa shape index (κ1) is 15.9. The monoisotopic (exact) mass is 417 g/mol. The van der Waals surface area contributed by atoms with Crippen LogP contribution in [0, 0.1) is 16.4 Å². The van der Waals surface area contributed by atoms with Crippen molar-refractivity contribution in [3.05, 3.63) is 57.7 Å². The van der Waals surface area contributed by atoms with Gasteiger partial charge in [0.05, 0.1) is 17.1 Å². The predicted octanol–water partition coefficient (Wildman–Crippen LogP) is 4.34. The van der Waals surface area contributed by atoms with Crippen molar-refractivity contribution in [3.8, 4) is 0 Å². The van der Waals surface area contributed by atoms with Gasteiger partial charge in [0, 0.05) is 9.78 Å². The van der Waals surface area contributed by atoms with Crippen molar-refractivity contribution in [3.63, 3.8) is 0 Å². The third-order valence-electron chi connectivity index (χ3n) is 3.70. The fourth-order valence-electron chi connectivity index (χ4n) is 2.38. The molecule has 0 N–H and O–H groups in total. The van der Waals surface area contributed by atoms with Gasteiger partial charge < -0.3 is 0 Å². The summed E-state index contributed by atoms with van der Waals surface area (Å²) < 4.78 is 1.20. The molecule has 0 saturated carbocycles. The average Bonchev–Trinajstić information content (AvgIpc) is 2.84. The highest BCUT2D eigenvalue weighted by Gasteiger charge is 2.33. The van der Waals surface area contributed by atoms with Crippen LogP contribution < -0.4 is 5.01 Å². The molecule has 0 saturated heterocycles. The van der Waals surface area contributed by atoms with Crippen LogP contribution in [0.15, 0.2) is 58.6 Å². The topological polar surface area (TPSA) is 45.0 Å². The Morgan fingerprint density at radius 2 is 1.91 bits per heavy atom. The number of rotatable bonds is 3. The second kappa shape index (κ2) is 6.62. The molecule has 3 rings (SSSR count). The maximum Gasteiger partial charge on any atom is 0.261 e. The summed E-state index contributed by atoms with van der Waals surface area (Å²) in [6.45, 7) is 3.90. The molecule has 0 bridgehead atoms. The van der Waals surface area contributed by atoms with Crippen molar-refractivity contribution >= 4 is 51.8 Å². The molecule has 0 spiro atoms. The largest absolute Gasteiger partial charge is 0.271 e. The number of hydrazone groups is 1. The number of hydrogen-bond donors (Lipinski definition) is 0. The highest BCUT2D eigenvalue weighted by Crippen LogP contribution is 2.24. The average molecular weight is 417 g/mol. The molecule has 0 fully saturated rings. The number of carbonyl (C=O) groups excluding carboxylic acids is 1. The molecule has 1 aliphatic heterocycles. The van der Waals surface area contributed by atoms with Gasteiger partial charge in [-0.1, -0.05) is 18.2 Å². The summed E-state index contributed by atoms with van der Waals surface area (Å²) in [5.41, 5.74) is 3.55. The second-order valence-corrected chi connectivity index (χ2v) is 6.58. The number of benzene rings is 2. The number of nitrogens with zero attached hydrogens (tertiary/aromatic N) is 3. The fraction of sp³-hybridized carbons (Fsp3) is 0.167. The first-order valence-corrected chi connectivity index (χ1v) is 8.38. The predicted molar refractivity (Wildman–Crippen MR) is 103 cm³/mol. The smallest absolute Gasteiger partial charge is 0.261 e. The van der Waals surface area contributed by atoms with Gasteiger partial charge in [-0.2, -0.15) is 10.1 Å². The zero-order valence-electron chi connectivity index (χ0n) is 12.9. The lowest BCUT2D eigenvalue weighted by Crippen LogP contribution is -2.27. The standard InChI is InChI=1S/C18H16IN3O/c1-12-10-14(8-9-17(12)19)20-11-16-13(2)21-22(18(16)23)15-6-4-3-5-7-15/h3-11,16H,1-2H3. The molecule has 5 heteroatoms. The van der Waals surface area contributed by atoms with Crippen LogP contribution in [0.5, 0.6) is 0 Å². The Bertz CT molecular complexity index is 799. The lowest BCUT2D eigenvalue weighted by Gasteiger charge is -2.12. The Labute approximate surface area is 149 Å². The molecule has 0 aromatic heterocycles. The summed E-state index contributed by atoms with van der Waals surface area (Å²) in [7, 11) is 0. The Hall–Kier alpha value is -2.02. The normalized spacial score (nSPS) is 17.9. The maximum absolute atomic E-state index is 12.6. The fourth-order valence-corrected chi connectivity index (χ4v) is 2.71. The molecule has 0 radical (unpaired) electrons. The van der Waals surface area contributed by atoms with E-state index in [9.17, 15) is 4.79 Å². The van der Waals surface area contributed by atoms with Gasteiger partial charge in [-0.15, -0.1) is 0 Å². The van der Waals surface area contributed by atoms with E-state index >= 15 is 0 Å². The van der Waals surface area contributed by atoms with Crippen LogP contribution in [-0.4, -0.2) is 17.8 Å². The number of para-hydroxylation sites is 1. The van der Waals surface area contributed by atoms with Gasteiger partial charge >= 0.3 is 0 Å². The molecule has 0 aliphatic carbocycles. The molecule has 1 atom stereocenters. The highest BCUT2D eigenvalue weighted by atomic mass is 127. The van der Waals surface area contributed by atoms with Crippen molar-refractivity contribution in [1.82, 2.24) is 0 Å². The molecule has 1 amide bonds. The van der Waals surface area contributed by atoms with Crippen LogP contribution >= 0.6 is 22.6 Å². The van der Waals surface area contributed by atoms with E-state index in [2.05, 4.69) is 32.7 Å². The zero-order valence-corrected chi connectivity index (χ0v) is 15.1. The number of carbonyl (C=O) groups is 1. The Morgan fingerprint density at radius 3 is 2.61 bits per heavy atom. The summed E-state index contributed by atoms with van der Waals surface area (Å²) >= 11 is 2.29. The van der Waals surface area contributed by atoms with Gasteiger partial charge in [0.2, 0.25) is 0 Å². The summed E-state index contributed by atoms with van der Waals surface area (Å²) in [5.74, 6) is -0.477. The van der Waals surface area contributed by atoms with Crippen LogP contribution in [0.1, 0.15) is 12.5 Å². The van der Waals surface area contributed by atoms with E-state index in [0.29, 0.717) is 0 Å². The van der Waals surface area contributed by atoms with Crippen molar-refractivity contribution in [1.29, 1.82) is 0 Å². The van der Waals surface area contributed by atoms with Gasteiger partial charge in [-0.25, -0.2) is 0 Å². The lowest BCUT2D eigenvalue weighted by molar-refractivity contribution is -0.118. The highest BCUT2D eigenvalue weighted by molar-refractivity contribution is 14.1. The Balaban J connectivity index is 1.81. The Kier molecular flexibility index (Phi) is 4.56. The quantitative estimate of drug-likeness (QED) is 0.542. The maximum atomic E-state index is 12.6. The van der Waals surface area contributed by atoms with Crippen molar-refractivity contribution in [2.45, 2.75) is 13.8 Å². The summed E-state index contributed by atoms with van der Waals surface area (Å²) in [5, 5.41) is 5.82. The molecular formula is C18H16IN3O. The Morgan fingerprint density at radius 1 is 1.17 bits per heavy atom. The van der Waals surface area contributed by atoms with E-state index in [0.717, 1.165) is 17.1 Å². The van der Waals surface area contributed by atoms with E-state index in [1.807, 2.05) is 62.4 Å². The molecule has 23 heavy (non-hydrogen) atoms. The van der Waals surface area contributed by atoms with E-state index in [1.54, 1.807) is 6.21 Å². The first-order valence-electron chi connectivity index (χ1n) is 7.31. The molecule has 1 heterocycles. The van der Waals surface area contributed by atoms with E-state index in [4.69, 9.17) is 0 Å². The van der Waals surface area contributed by atoms with Crippen LogP contribution in [0.4, 0.5) is 11.4 Å². The SMILES string of the molecule is CC1=NN(c2ccccc2)C(=O)C1C=Nc1ccc(I)c(C)c1. The summed E-state index contributed by atoms with van der Waals surface area (Å²) in [6, 6.07) is 15.4. The first-order chi connectivity index (χ1) is 11.1. The third kappa shape index (κ3) is 3.34. The van der Waals surface area contributed by atoms with Crippen molar-refractivity contribution in [2.24, 2.45) is 16.0 Å². The molecule has 2 aromatic rings. The molecule has 1 unspecified atom stereocenters. The van der Waals surface area contributed by atoms with E-state index < -0.39 is 5.92 Å². The number of halogens is 1. The zero-order chi connectivity index (χ0) is 16.4. The number of anilines is 1. The van der Waals surface area contributed by atoms with Crippen molar-refractivity contribution in [2.75, 3.05) is 5.01 Å². The minimum Gasteiger partial charge on any atom is -0.271 e. The minimum absolute atomic E-state index is 0.0697. The lowest BCUT2D eigenvalue weighted by atomic mass is 10.1. The van der Waals surface area contributed by atoms with E-state index in [-0.39, 0.29) is 5.91 Å². The van der Waals surface area contributed by atoms with Crippen LogP contribution in [0.25, 0.3) is 0 Å². The minimum atomic E-state index is -0.408. The number of aliphatic imine (C=N–C) groups is 1. The van der Waals surface area contributed by atoms with Gasteiger partial charge in [0.1, 0.15) is 5.92 Å². The van der Waals surface area contributed by atoms with Crippen LogP contribution in [0.2, 0.25) is 0 Å². The number of aryl methyl sites for hydroxylation is 1. The van der Waals surface area contributed by atoms with Crippen LogP contribution in [-0.2, 0) is 4.79 Å². The molecule has 2 aromatic carbocycles. The second-order valence-electron chi connectivity index (χ2n) is 5.42. The summed E-state index contributed by atoms with van der Waals surface area (Å²) in [6.07, 6.45) is 1.69. The molecular weight excluding hydrogens is 401 g/mol. The summed E-state index contributed by atoms with van der Waals surface area (Å²) in [4.78, 5) is 17.0. The van der Waals surface area contributed by atoms with Gasteiger partial charge in [-0.3, -0.25) is 9.79 Å². The van der Waals surface area contributed by atoms with Gasteiger partial charge in [0.15, 0.2) is 0 Å².